The average Bonchev–Trinajstić information content (AvgIpc) is 3.51. The molecule has 4 aromatic heterocycles. The molecule has 39 heavy (non-hydrogen) atoms. The molecule has 1 aliphatic heterocycles. The third kappa shape index (κ3) is 5.06. The van der Waals surface area contributed by atoms with Gasteiger partial charge in [-0.15, -0.1) is 0 Å². The summed E-state index contributed by atoms with van der Waals surface area (Å²) in [7, 11) is -1.91. The molecule has 1 fully saturated rings. The molecule has 13 nitrogen and oxygen atoms in total. The number of sulfonamides is 1. The van der Waals surface area contributed by atoms with Crippen molar-refractivity contribution in [1.29, 1.82) is 0 Å². The molecular weight excluding hydrogens is 522 g/mol. The van der Waals surface area contributed by atoms with Crippen LogP contribution in [0.4, 0.5) is 0 Å². The van der Waals surface area contributed by atoms with Gasteiger partial charge in [-0.3, -0.25) is 9.48 Å². The fourth-order valence-electron chi connectivity index (χ4n) is 4.79. The number of aryl methyl sites for hydroxylation is 2. The van der Waals surface area contributed by atoms with E-state index in [-0.39, 0.29) is 22.1 Å². The van der Waals surface area contributed by atoms with E-state index in [4.69, 9.17) is 9.72 Å². The molecule has 0 bridgehead atoms. The molecule has 5 heterocycles. The van der Waals surface area contributed by atoms with E-state index in [0.29, 0.717) is 56.8 Å². The third-order valence-corrected chi connectivity index (χ3v) is 8.89. The number of hydrogen-bond donors (Lipinski definition) is 1. The van der Waals surface area contributed by atoms with Gasteiger partial charge in [0.05, 0.1) is 30.6 Å². The molecule has 0 spiro atoms. The van der Waals surface area contributed by atoms with Crippen LogP contribution in [0, 0.1) is 0 Å². The quantitative estimate of drug-likeness (QED) is 0.323. The van der Waals surface area contributed by atoms with Gasteiger partial charge in [0.25, 0.3) is 5.56 Å². The Hall–Kier alpha value is -3.62. The summed E-state index contributed by atoms with van der Waals surface area (Å²) in [5.74, 6) is 1.14. The lowest BCUT2D eigenvalue weighted by Crippen LogP contribution is -2.48. The van der Waals surface area contributed by atoms with Crippen molar-refractivity contribution >= 4 is 21.1 Å². The summed E-state index contributed by atoms with van der Waals surface area (Å²) in [6.07, 6.45) is 5.43. The molecule has 5 rings (SSSR count). The van der Waals surface area contributed by atoms with Crippen molar-refractivity contribution < 1.29 is 13.2 Å². The standard InChI is InChI=1S/C25H33N9O4S/c1-5-19-21-22(30-34(19)16-20-26-8-9-31(20)4)24(35)29-23(28-21)18-14-17(15-27-25(18)38-7-3)39(36,37)33-12-10-32(6-2)11-13-33/h8-9,14-15H,5-7,10-13,16H2,1-4H3,(H,28,29,35). The number of imidazole rings is 1. The number of ether oxygens (including phenoxy) is 1. The zero-order chi connectivity index (χ0) is 27.7. The lowest BCUT2D eigenvalue weighted by atomic mass is 10.2. The van der Waals surface area contributed by atoms with E-state index in [0.717, 1.165) is 18.1 Å². The summed E-state index contributed by atoms with van der Waals surface area (Å²) < 4.78 is 37.8. The summed E-state index contributed by atoms with van der Waals surface area (Å²) in [6.45, 7) is 9.52. The minimum Gasteiger partial charge on any atom is -0.477 e. The first kappa shape index (κ1) is 27.0. The molecule has 0 atom stereocenters. The van der Waals surface area contributed by atoms with Crippen LogP contribution in [0.3, 0.4) is 0 Å². The highest BCUT2D eigenvalue weighted by molar-refractivity contribution is 7.89. The maximum atomic E-state index is 13.5. The Morgan fingerprint density at radius 2 is 1.85 bits per heavy atom. The number of likely N-dealkylation sites (N-methyl/N-ethyl adjacent to an activating group) is 1. The fraction of sp³-hybridized carbons (Fsp3) is 0.480. The molecule has 14 heteroatoms. The minimum atomic E-state index is -3.81. The SMILES string of the molecule is CCOc1ncc(S(=O)(=O)N2CCN(CC)CC2)cc1-c1nc2c(CC)n(Cc3nccn3C)nc2c(=O)[nH]1. The molecule has 0 aromatic carbocycles. The second kappa shape index (κ2) is 10.9. The van der Waals surface area contributed by atoms with Crippen LogP contribution in [0.2, 0.25) is 0 Å². The van der Waals surface area contributed by atoms with Crippen LogP contribution >= 0.6 is 0 Å². The van der Waals surface area contributed by atoms with Gasteiger partial charge >= 0.3 is 0 Å². The van der Waals surface area contributed by atoms with E-state index >= 15 is 0 Å². The number of nitrogens with zero attached hydrogens (tertiary/aromatic N) is 8. The van der Waals surface area contributed by atoms with E-state index in [2.05, 4.69) is 31.9 Å². The molecule has 1 N–H and O–H groups in total. The number of rotatable bonds is 9. The lowest BCUT2D eigenvalue weighted by Gasteiger charge is -2.33. The Balaban J connectivity index is 1.59. The number of aromatic nitrogens is 7. The summed E-state index contributed by atoms with van der Waals surface area (Å²) in [4.78, 5) is 31.6. The Morgan fingerprint density at radius 1 is 1.08 bits per heavy atom. The van der Waals surface area contributed by atoms with Crippen molar-refractivity contribution in [2.24, 2.45) is 7.05 Å². The maximum absolute atomic E-state index is 13.5. The third-order valence-electron chi connectivity index (χ3n) is 7.03. The van der Waals surface area contributed by atoms with Gasteiger partial charge in [-0.1, -0.05) is 13.8 Å². The zero-order valence-electron chi connectivity index (χ0n) is 22.6. The molecule has 1 aliphatic rings. The molecule has 208 valence electrons. The average molecular weight is 556 g/mol. The molecule has 0 amide bonds. The molecule has 0 saturated carbocycles. The predicted octanol–water partition coefficient (Wildman–Crippen LogP) is 1.25. The van der Waals surface area contributed by atoms with Crippen molar-refractivity contribution in [3.8, 4) is 17.3 Å². The van der Waals surface area contributed by atoms with Crippen LogP contribution in [-0.4, -0.2) is 91.2 Å². The monoisotopic (exact) mass is 555 g/mol. The summed E-state index contributed by atoms with van der Waals surface area (Å²) in [6, 6.07) is 1.48. The number of pyridine rings is 1. The first-order valence-corrected chi connectivity index (χ1v) is 14.5. The second-order valence-electron chi connectivity index (χ2n) is 9.32. The lowest BCUT2D eigenvalue weighted by molar-refractivity contribution is 0.196. The van der Waals surface area contributed by atoms with Gasteiger partial charge in [-0.25, -0.2) is 23.4 Å². The zero-order valence-corrected chi connectivity index (χ0v) is 23.4. The summed E-state index contributed by atoms with van der Waals surface area (Å²) in [5, 5.41) is 4.53. The molecule has 0 unspecified atom stereocenters. The van der Waals surface area contributed by atoms with Gasteiger partial charge < -0.3 is 19.2 Å². The van der Waals surface area contributed by atoms with E-state index in [1.807, 2.05) is 24.7 Å². The largest absolute Gasteiger partial charge is 0.477 e. The number of fused-ring (bicyclic) bond motifs is 1. The van der Waals surface area contributed by atoms with E-state index in [1.54, 1.807) is 17.8 Å². The maximum Gasteiger partial charge on any atom is 0.279 e. The van der Waals surface area contributed by atoms with Crippen LogP contribution in [0.25, 0.3) is 22.4 Å². The number of aromatic amines is 1. The molecule has 0 aliphatic carbocycles. The van der Waals surface area contributed by atoms with Crippen LogP contribution < -0.4 is 10.3 Å². The van der Waals surface area contributed by atoms with Crippen molar-refractivity contribution in [3.63, 3.8) is 0 Å². The smallest absolute Gasteiger partial charge is 0.279 e. The van der Waals surface area contributed by atoms with Gasteiger partial charge in [0.2, 0.25) is 15.9 Å². The summed E-state index contributed by atoms with van der Waals surface area (Å²) in [5.41, 5.74) is 1.27. The van der Waals surface area contributed by atoms with Gasteiger partial charge in [0.1, 0.15) is 22.1 Å². The first-order chi connectivity index (χ1) is 18.8. The second-order valence-corrected chi connectivity index (χ2v) is 11.3. The predicted molar refractivity (Wildman–Crippen MR) is 145 cm³/mol. The van der Waals surface area contributed by atoms with Crippen molar-refractivity contribution in [2.45, 2.75) is 38.6 Å². The number of H-pyrrole nitrogens is 1. The van der Waals surface area contributed by atoms with Crippen molar-refractivity contribution in [3.05, 3.63) is 46.5 Å². The minimum absolute atomic E-state index is 0.0230. The van der Waals surface area contributed by atoms with Gasteiger partial charge in [-0.05, 0) is 26.0 Å². The fourth-order valence-corrected chi connectivity index (χ4v) is 6.18. The Labute approximate surface area is 226 Å². The highest BCUT2D eigenvalue weighted by Crippen LogP contribution is 2.30. The molecule has 4 aromatic rings. The Bertz CT molecular complexity index is 1650. The number of hydrogen-bond acceptors (Lipinski definition) is 9. The Morgan fingerprint density at radius 3 is 2.49 bits per heavy atom. The van der Waals surface area contributed by atoms with Crippen LogP contribution in [0.15, 0.2) is 34.3 Å². The summed E-state index contributed by atoms with van der Waals surface area (Å²) >= 11 is 0. The molecule has 0 radical (unpaired) electrons. The molecular formula is C25H33N9O4S. The van der Waals surface area contributed by atoms with Crippen molar-refractivity contribution in [1.82, 2.24) is 43.5 Å². The van der Waals surface area contributed by atoms with E-state index in [1.165, 1.54) is 16.6 Å². The first-order valence-electron chi connectivity index (χ1n) is 13.1. The highest BCUT2D eigenvalue weighted by atomic mass is 32.2. The van der Waals surface area contributed by atoms with Gasteiger partial charge in [0.15, 0.2) is 5.52 Å². The normalized spacial score (nSPS) is 15.3. The number of piperazine rings is 1. The van der Waals surface area contributed by atoms with Crippen LogP contribution in [-0.2, 0) is 30.0 Å². The van der Waals surface area contributed by atoms with E-state index < -0.39 is 15.6 Å². The van der Waals surface area contributed by atoms with Gasteiger partial charge in [-0.2, -0.15) is 9.40 Å². The highest BCUT2D eigenvalue weighted by Gasteiger charge is 2.30. The number of nitrogens with one attached hydrogen (secondary N) is 1. The molecule has 1 saturated heterocycles. The van der Waals surface area contributed by atoms with E-state index in [9.17, 15) is 13.2 Å². The van der Waals surface area contributed by atoms with Gasteiger partial charge in [0, 0.05) is 45.6 Å². The van der Waals surface area contributed by atoms with Crippen LogP contribution in [0.5, 0.6) is 5.88 Å². The Kier molecular flexibility index (Phi) is 7.51. The topological polar surface area (TPSA) is 144 Å². The van der Waals surface area contributed by atoms with Crippen molar-refractivity contribution in [2.75, 3.05) is 39.3 Å². The van der Waals surface area contributed by atoms with Crippen LogP contribution in [0.1, 0.15) is 32.3 Å².